The van der Waals surface area contributed by atoms with Crippen molar-refractivity contribution in [2.24, 2.45) is 0 Å². The first-order valence-corrected chi connectivity index (χ1v) is 7.10. The minimum atomic E-state index is 0.123. The van der Waals surface area contributed by atoms with E-state index in [0.29, 0.717) is 29.4 Å². The molecule has 0 N–H and O–H groups in total. The first-order chi connectivity index (χ1) is 10.1. The summed E-state index contributed by atoms with van der Waals surface area (Å²) in [7, 11) is 1.61. The summed E-state index contributed by atoms with van der Waals surface area (Å²) in [6.45, 7) is 2.20. The lowest BCUT2D eigenvalue weighted by Gasteiger charge is -2.11. The van der Waals surface area contributed by atoms with Crippen LogP contribution in [0.1, 0.15) is 29.3 Å². The number of hydrogen-bond donors (Lipinski definition) is 0. The van der Waals surface area contributed by atoms with Crippen LogP contribution in [0, 0.1) is 0 Å². The van der Waals surface area contributed by atoms with E-state index in [2.05, 4.69) is 0 Å². The predicted molar refractivity (Wildman–Crippen MR) is 83.4 cm³/mol. The predicted octanol–water partition coefficient (Wildman–Crippen LogP) is 4.52. The van der Waals surface area contributed by atoms with Crippen LogP contribution >= 0.6 is 11.6 Å². The number of rotatable bonds is 6. The van der Waals surface area contributed by atoms with Gasteiger partial charge in [-0.2, -0.15) is 0 Å². The molecule has 0 aliphatic carbocycles. The second-order valence-corrected chi connectivity index (χ2v) is 4.98. The second kappa shape index (κ2) is 7.14. The van der Waals surface area contributed by atoms with E-state index in [1.54, 1.807) is 37.4 Å². The summed E-state index contributed by atoms with van der Waals surface area (Å²) in [5.74, 6) is 1.56. The fourth-order valence-electron chi connectivity index (χ4n) is 1.96. The molecule has 0 spiro atoms. The Morgan fingerprint density at radius 1 is 1.14 bits per heavy atom. The molecular formula is C17H17ClO3. The van der Waals surface area contributed by atoms with Gasteiger partial charge in [-0.15, -0.1) is 0 Å². The third-order valence-electron chi connectivity index (χ3n) is 3.13. The van der Waals surface area contributed by atoms with Crippen LogP contribution < -0.4 is 9.47 Å². The second-order valence-electron chi connectivity index (χ2n) is 4.55. The molecule has 0 heterocycles. The maximum atomic E-state index is 11.6. The van der Waals surface area contributed by atoms with Crippen molar-refractivity contribution in [3.63, 3.8) is 0 Å². The molecule has 0 saturated carbocycles. The molecule has 4 heteroatoms. The van der Waals surface area contributed by atoms with Crippen molar-refractivity contribution in [1.29, 1.82) is 0 Å². The number of carbonyl (C=O) groups is 1. The molecule has 0 atom stereocenters. The van der Waals surface area contributed by atoms with Gasteiger partial charge in [-0.25, -0.2) is 0 Å². The lowest BCUT2D eigenvalue weighted by molar-refractivity contribution is 0.0988. The Morgan fingerprint density at radius 2 is 1.86 bits per heavy atom. The molecule has 0 amide bonds. The number of ether oxygens (including phenoxy) is 2. The molecule has 0 aliphatic heterocycles. The number of benzene rings is 2. The molecule has 0 unspecified atom stereocenters. The zero-order valence-electron chi connectivity index (χ0n) is 12.1. The van der Waals surface area contributed by atoms with Crippen molar-refractivity contribution in [2.75, 3.05) is 7.11 Å². The Hall–Kier alpha value is -2.00. The highest BCUT2D eigenvalue weighted by Gasteiger charge is 2.06. The van der Waals surface area contributed by atoms with Gasteiger partial charge in [0, 0.05) is 22.6 Å². The molecule has 2 aromatic carbocycles. The van der Waals surface area contributed by atoms with Gasteiger partial charge < -0.3 is 9.47 Å². The minimum absolute atomic E-state index is 0.123. The van der Waals surface area contributed by atoms with Gasteiger partial charge in [0.25, 0.3) is 0 Å². The summed E-state index contributed by atoms with van der Waals surface area (Å²) in [5.41, 5.74) is 1.57. The molecule has 0 aliphatic rings. The summed E-state index contributed by atoms with van der Waals surface area (Å²) in [6.07, 6.45) is 0.500. The zero-order valence-corrected chi connectivity index (χ0v) is 12.8. The van der Waals surface area contributed by atoms with Gasteiger partial charge in [-0.1, -0.05) is 18.5 Å². The van der Waals surface area contributed by atoms with Crippen molar-refractivity contribution in [1.82, 2.24) is 0 Å². The quantitative estimate of drug-likeness (QED) is 0.736. The maximum Gasteiger partial charge on any atom is 0.162 e. The van der Waals surface area contributed by atoms with E-state index < -0.39 is 0 Å². The van der Waals surface area contributed by atoms with E-state index in [1.165, 1.54) is 0 Å². The topological polar surface area (TPSA) is 35.5 Å². The lowest BCUT2D eigenvalue weighted by Crippen LogP contribution is -2.00. The Morgan fingerprint density at radius 3 is 2.48 bits per heavy atom. The highest BCUT2D eigenvalue weighted by molar-refractivity contribution is 6.30. The molecule has 0 radical (unpaired) electrons. The normalized spacial score (nSPS) is 10.2. The van der Waals surface area contributed by atoms with Gasteiger partial charge in [0.05, 0.1) is 7.11 Å². The van der Waals surface area contributed by atoms with Gasteiger partial charge in [-0.3, -0.25) is 4.79 Å². The molecule has 2 rings (SSSR count). The van der Waals surface area contributed by atoms with Gasteiger partial charge in [0.1, 0.15) is 18.1 Å². The van der Waals surface area contributed by atoms with Crippen LogP contribution in [-0.2, 0) is 6.61 Å². The van der Waals surface area contributed by atoms with Gasteiger partial charge >= 0.3 is 0 Å². The zero-order chi connectivity index (χ0) is 15.2. The Kier molecular flexibility index (Phi) is 5.23. The van der Waals surface area contributed by atoms with Crippen molar-refractivity contribution in [3.05, 3.63) is 58.6 Å². The summed E-state index contributed by atoms with van der Waals surface area (Å²) in [5, 5.41) is 0.637. The van der Waals surface area contributed by atoms with Crippen molar-refractivity contribution in [3.8, 4) is 11.5 Å². The number of hydrogen-bond acceptors (Lipinski definition) is 3. The summed E-state index contributed by atoms with van der Waals surface area (Å²) >= 11 is 5.98. The summed E-state index contributed by atoms with van der Waals surface area (Å²) < 4.78 is 11.0. The van der Waals surface area contributed by atoms with Crippen molar-refractivity contribution < 1.29 is 14.3 Å². The van der Waals surface area contributed by atoms with Crippen LogP contribution in [0.3, 0.4) is 0 Å². The highest BCUT2D eigenvalue weighted by Crippen LogP contribution is 2.24. The van der Waals surface area contributed by atoms with Crippen LogP contribution in [0.2, 0.25) is 5.02 Å². The fourth-order valence-corrected chi connectivity index (χ4v) is 2.16. The number of methoxy groups -OCH3 is 1. The van der Waals surface area contributed by atoms with Crippen LogP contribution in [0.15, 0.2) is 42.5 Å². The maximum absolute atomic E-state index is 11.6. The highest BCUT2D eigenvalue weighted by atomic mass is 35.5. The van der Waals surface area contributed by atoms with E-state index in [9.17, 15) is 4.79 Å². The molecule has 110 valence electrons. The minimum Gasteiger partial charge on any atom is -0.496 e. The molecule has 2 aromatic rings. The lowest BCUT2D eigenvalue weighted by atomic mass is 10.1. The molecular weight excluding hydrogens is 288 g/mol. The third kappa shape index (κ3) is 3.99. The van der Waals surface area contributed by atoms with Crippen LogP contribution in [0.25, 0.3) is 0 Å². The molecule has 21 heavy (non-hydrogen) atoms. The summed E-state index contributed by atoms with van der Waals surface area (Å²) in [4.78, 5) is 11.6. The van der Waals surface area contributed by atoms with Crippen LogP contribution in [0.4, 0.5) is 0 Å². The first kappa shape index (κ1) is 15.4. The average Bonchev–Trinajstić information content (AvgIpc) is 2.52. The Bertz CT molecular complexity index is 620. The Balaban J connectivity index is 2.06. The molecule has 0 aromatic heterocycles. The van der Waals surface area contributed by atoms with Gasteiger partial charge in [0.2, 0.25) is 0 Å². The Labute approximate surface area is 129 Å². The molecule has 3 nitrogen and oxygen atoms in total. The average molecular weight is 305 g/mol. The van der Waals surface area contributed by atoms with Gasteiger partial charge in [0.15, 0.2) is 5.78 Å². The van der Waals surface area contributed by atoms with Crippen LogP contribution in [0.5, 0.6) is 11.5 Å². The van der Waals surface area contributed by atoms with E-state index >= 15 is 0 Å². The molecule has 0 bridgehead atoms. The van der Waals surface area contributed by atoms with E-state index in [-0.39, 0.29) is 5.78 Å². The number of carbonyl (C=O) groups excluding carboxylic acids is 1. The smallest absolute Gasteiger partial charge is 0.162 e. The standard InChI is InChI=1S/C17H17ClO3/c1-3-16(19)12-4-7-15(8-5-12)21-11-13-10-14(18)6-9-17(13)20-2/h4-10H,3,11H2,1-2H3. The molecule has 0 fully saturated rings. The van der Waals surface area contributed by atoms with Crippen molar-refractivity contribution in [2.45, 2.75) is 20.0 Å². The number of Topliss-reactive ketones (excluding diaryl/α,β-unsaturated/α-hetero) is 1. The monoisotopic (exact) mass is 304 g/mol. The van der Waals surface area contributed by atoms with E-state index in [0.717, 1.165) is 11.3 Å². The van der Waals surface area contributed by atoms with Crippen LogP contribution in [-0.4, -0.2) is 12.9 Å². The fraction of sp³-hybridized carbons (Fsp3) is 0.235. The molecule has 0 saturated heterocycles. The number of ketones is 1. The largest absolute Gasteiger partial charge is 0.496 e. The van der Waals surface area contributed by atoms with E-state index in [1.807, 2.05) is 19.1 Å². The summed E-state index contributed by atoms with van der Waals surface area (Å²) in [6, 6.07) is 12.5. The third-order valence-corrected chi connectivity index (χ3v) is 3.37. The van der Waals surface area contributed by atoms with E-state index in [4.69, 9.17) is 21.1 Å². The number of halogens is 1. The first-order valence-electron chi connectivity index (χ1n) is 6.72. The van der Waals surface area contributed by atoms with Crippen molar-refractivity contribution >= 4 is 17.4 Å². The SMILES string of the molecule is CCC(=O)c1ccc(OCc2cc(Cl)ccc2OC)cc1. The van der Waals surface area contributed by atoms with Gasteiger partial charge in [-0.05, 0) is 42.5 Å².